The van der Waals surface area contributed by atoms with E-state index >= 15 is 0 Å². The zero-order valence-electron chi connectivity index (χ0n) is 7.37. The molecule has 0 unspecified atom stereocenters. The summed E-state index contributed by atoms with van der Waals surface area (Å²) in [4.78, 5) is 0. The smallest absolute Gasteiger partial charge is 0.207 e. The molecule has 1 fully saturated rings. The number of hydrogen-bond acceptors (Lipinski definition) is 0. The highest BCUT2D eigenvalue weighted by Crippen LogP contribution is 2.58. The van der Waals surface area contributed by atoms with E-state index in [0.29, 0.717) is 0 Å². The molecule has 0 radical (unpaired) electrons. The molecule has 0 amide bonds. The maximum atomic E-state index is 12.6. The Morgan fingerprint density at radius 1 is 1.33 bits per heavy atom. The van der Waals surface area contributed by atoms with E-state index in [0.717, 1.165) is 19.3 Å². The summed E-state index contributed by atoms with van der Waals surface area (Å²) < 4.78 is 25.3. The summed E-state index contributed by atoms with van der Waals surface area (Å²) in [7, 11) is 0. The van der Waals surface area contributed by atoms with Crippen LogP contribution in [0.15, 0.2) is 11.6 Å². The first kappa shape index (κ1) is 8.21. The van der Waals surface area contributed by atoms with Gasteiger partial charge < -0.3 is 0 Å². The van der Waals surface area contributed by atoms with Gasteiger partial charge >= 0.3 is 0 Å². The minimum Gasteiger partial charge on any atom is -0.207 e. The summed E-state index contributed by atoms with van der Waals surface area (Å²) in [5, 5.41) is 0. The Hall–Kier alpha value is -0.400. The minimum atomic E-state index is -2.35. The number of hydrogen-bond donors (Lipinski definition) is 0. The van der Waals surface area contributed by atoms with Crippen LogP contribution in [-0.2, 0) is 0 Å². The van der Waals surface area contributed by atoms with Crippen molar-refractivity contribution in [1.29, 1.82) is 0 Å². The fourth-order valence-electron chi connectivity index (χ4n) is 2.42. The van der Waals surface area contributed by atoms with Crippen LogP contribution in [0.25, 0.3) is 0 Å². The normalized spacial score (nSPS) is 31.1. The molecule has 2 heteroatoms. The van der Waals surface area contributed by atoms with Crippen molar-refractivity contribution in [3.8, 4) is 0 Å². The molecule has 0 aromatic rings. The first-order valence-corrected chi connectivity index (χ1v) is 4.55. The van der Waals surface area contributed by atoms with Crippen LogP contribution >= 0.6 is 0 Å². The third-order valence-corrected chi connectivity index (χ3v) is 3.20. The Labute approximate surface area is 71.7 Å². The van der Waals surface area contributed by atoms with E-state index in [4.69, 9.17) is 0 Å². The average Bonchev–Trinajstić information content (AvgIpc) is 1.91. The molecule has 1 spiro atoms. The van der Waals surface area contributed by atoms with Gasteiger partial charge in [0.05, 0.1) is 0 Å². The van der Waals surface area contributed by atoms with Crippen molar-refractivity contribution in [2.24, 2.45) is 5.41 Å². The molecular formula is C10H14F2. The van der Waals surface area contributed by atoms with E-state index in [1.54, 1.807) is 0 Å². The molecule has 12 heavy (non-hydrogen) atoms. The molecule has 0 bridgehead atoms. The molecule has 0 aliphatic heterocycles. The van der Waals surface area contributed by atoms with Crippen molar-refractivity contribution < 1.29 is 8.78 Å². The highest BCUT2D eigenvalue weighted by molar-refractivity contribution is 5.12. The van der Waals surface area contributed by atoms with Gasteiger partial charge in [0.15, 0.2) is 0 Å². The quantitative estimate of drug-likeness (QED) is 0.490. The number of rotatable bonds is 0. The molecule has 0 atom stereocenters. The highest BCUT2D eigenvalue weighted by atomic mass is 19.3. The maximum Gasteiger partial charge on any atom is 0.249 e. The molecule has 0 saturated heterocycles. The molecule has 1 saturated carbocycles. The van der Waals surface area contributed by atoms with Crippen LogP contribution in [-0.4, -0.2) is 5.92 Å². The van der Waals surface area contributed by atoms with Crippen molar-refractivity contribution in [3.05, 3.63) is 11.6 Å². The maximum absolute atomic E-state index is 12.6. The third-order valence-electron chi connectivity index (χ3n) is 3.20. The standard InChI is InChI=1S/C10H14F2/c1-8-2-4-9(5-3-8)6-10(11,12)7-9/h2H,3-7H2,1H3. The van der Waals surface area contributed by atoms with Crippen molar-refractivity contribution in [2.45, 2.75) is 45.0 Å². The second-order valence-corrected chi connectivity index (χ2v) is 4.46. The molecule has 0 aromatic heterocycles. The van der Waals surface area contributed by atoms with Crippen molar-refractivity contribution in [2.75, 3.05) is 0 Å². The summed E-state index contributed by atoms with van der Waals surface area (Å²) in [6.45, 7) is 2.09. The Bertz CT molecular complexity index is 220. The second-order valence-electron chi connectivity index (χ2n) is 4.46. The van der Waals surface area contributed by atoms with Gasteiger partial charge in [0.25, 0.3) is 0 Å². The first-order valence-electron chi connectivity index (χ1n) is 4.55. The Balaban J connectivity index is 2.01. The molecule has 0 N–H and O–H groups in total. The van der Waals surface area contributed by atoms with Crippen LogP contribution in [0, 0.1) is 5.41 Å². The molecule has 68 valence electrons. The van der Waals surface area contributed by atoms with E-state index < -0.39 is 5.92 Å². The zero-order chi connectivity index (χ0) is 8.82. The lowest BCUT2D eigenvalue weighted by molar-refractivity contribution is -0.164. The van der Waals surface area contributed by atoms with Gasteiger partial charge in [-0.15, -0.1) is 0 Å². The first-order chi connectivity index (χ1) is 5.52. The third kappa shape index (κ3) is 1.27. The van der Waals surface area contributed by atoms with Gasteiger partial charge in [-0.25, -0.2) is 8.78 Å². The molecule has 2 aliphatic carbocycles. The Morgan fingerprint density at radius 2 is 2.00 bits per heavy atom. The lowest BCUT2D eigenvalue weighted by Gasteiger charge is -2.49. The van der Waals surface area contributed by atoms with E-state index in [-0.39, 0.29) is 18.3 Å². The average molecular weight is 172 g/mol. The Kier molecular flexibility index (Phi) is 1.57. The van der Waals surface area contributed by atoms with Crippen LogP contribution in [0.2, 0.25) is 0 Å². The van der Waals surface area contributed by atoms with E-state index in [1.165, 1.54) is 5.57 Å². The van der Waals surface area contributed by atoms with Crippen molar-refractivity contribution in [1.82, 2.24) is 0 Å². The molecule has 0 aromatic carbocycles. The van der Waals surface area contributed by atoms with E-state index in [9.17, 15) is 8.78 Å². The minimum absolute atomic E-state index is 0.0109. The van der Waals surface area contributed by atoms with E-state index in [1.807, 2.05) is 0 Å². The van der Waals surface area contributed by atoms with Crippen molar-refractivity contribution >= 4 is 0 Å². The fraction of sp³-hybridized carbons (Fsp3) is 0.800. The van der Waals surface area contributed by atoms with Crippen LogP contribution < -0.4 is 0 Å². The summed E-state index contributed by atoms with van der Waals surface area (Å²) in [5.41, 5.74) is 1.36. The highest BCUT2D eigenvalue weighted by Gasteiger charge is 2.55. The van der Waals surface area contributed by atoms with Crippen LogP contribution in [0.3, 0.4) is 0 Å². The predicted octanol–water partition coefficient (Wildman–Crippen LogP) is 3.53. The van der Waals surface area contributed by atoms with Gasteiger partial charge in [0.2, 0.25) is 5.92 Å². The van der Waals surface area contributed by atoms with Gasteiger partial charge in [0, 0.05) is 12.8 Å². The monoisotopic (exact) mass is 172 g/mol. The zero-order valence-corrected chi connectivity index (χ0v) is 7.37. The summed E-state index contributed by atoms with van der Waals surface area (Å²) in [5.74, 6) is -2.35. The number of allylic oxidation sites excluding steroid dienone is 2. The molecular weight excluding hydrogens is 158 g/mol. The lowest BCUT2D eigenvalue weighted by atomic mass is 9.59. The van der Waals surface area contributed by atoms with Gasteiger partial charge in [-0.1, -0.05) is 11.6 Å². The van der Waals surface area contributed by atoms with Gasteiger partial charge in [-0.2, -0.15) is 0 Å². The topological polar surface area (TPSA) is 0 Å². The lowest BCUT2D eigenvalue weighted by Crippen LogP contribution is -2.46. The Morgan fingerprint density at radius 3 is 2.42 bits per heavy atom. The number of alkyl halides is 2. The predicted molar refractivity (Wildman–Crippen MR) is 44.2 cm³/mol. The SMILES string of the molecule is CC1=CCC2(CC1)CC(F)(F)C2. The van der Waals surface area contributed by atoms with Crippen LogP contribution in [0.5, 0.6) is 0 Å². The van der Waals surface area contributed by atoms with Gasteiger partial charge in [-0.3, -0.25) is 0 Å². The second kappa shape index (κ2) is 2.30. The van der Waals surface area contributed by atoms with Gasteiger partial charge in [-0.05, 0) is 31.6 Å². The molecule has 2 aliphatic rings. The van der Waals surface area contributed by atoms with Crippen LogP contribution in [0.1, 0.15) is 39.0 Å². The summed E-state index contributed by atoms with van der Waals surface area (Å²) in [6.07, 6.45) is 5.28. The van der Waals surface area contributed by atoms with Crippen LogP contribution in [0.4, 0.5) is 8.78 Å². The molecule has 0 nitrogen and oxygen atoms in total. The summed E-state index contributed by atoms with van der Waals surface area (Å²) in [6, 6.07) is 0. The summed E-state index contributed by atoms with van der Waals surface area (Å²) >= 11 is 0. The van der Waals surface area contributed by atoms with Crippen molar-refractivity contribution in [3.63, 3.8) is 0 Å². The fourth-order valence-corrected chi connectivity index (χ4v) is 2.42. The van der Waals surface area contributed by atoms with E-state index in [2.05, 4.69) is 13.0 Å². The molecule has 2 rings (SSSR count). The number of halogens is 2. The van der Waals surface area contributed by atoms with Gasteiger partial charge in [0.1, 0.15) is 0 Å². The molecule has 0 heterocycles. The largest absolute Gasteiger partial charge is 0.249 e.